The van der Waals surface area contributed by atoms with Gasteiger partial charge in [-0.05, 0) is 12.3 Å². The first-order valence-electron chi connectivity index (χ1n) is 5.32. The highest BCUT2D eigenvalue weighted by atomic mass is 16.3. The van der Waals surface area contributed by atoms with Crippen LogP contribution in [0.25, 0.3) is 0 Å². The first kappa shape index (κ1) is 9.44. The molecule has 2 N–H and O–H groups in total. The molecule has 2 saturated heterocycles. The topological polar surface area (TPSA) is 35.5 Å². The summed E-state index contributed by atoms with van der Waals surface area (Å²) >= 11 is 0. The van der Waals surface area contributed by atoms with E-state index in [0.717, 1.165) is 26.1 Å². The van der Waals surface area contributed by atoms with Crippen LogP contribution in [0.2, 0.25) is 0 Å². The van der Waals surface area contributed by atoms with E-state index in [9.17, 15) is 5.11 Å². The Morgan fingerprint density at radius 3 is 2.85 bits per heavy atom. The highest BCUT2D eigenvalue weighted by molar-refractivity contribution is 4.94. The summed E-state index contributed by atoms with van der Waals surface area (Å²) in [4.78, 5) is 2.44. The van der Waals surface area contributed by atoms with Gasteiger partial charge in [0, 0.05) is 31.7 Å². The summed E-state index contributed by atoms with van der Waals surface area (Å²) in [5.74, 6) is 0.693. The number of rotatable bonds is 1. The Kier molecular flexibility index (Phi) is 2.58. The van der Waals surface area contributed by atoms with Crippen molar-refractivity contribution in [1.29, 1.82) is 0 Å². The monoisotopic (exact) mass is 184 g/mol. The lowest BCUT2D eigenvalue weighted by Gasteiger charge is -2.37. The molecule has 2 rings (SSSR count). The predicted molar refractivity (Wildman–Crippen MR) is 52.6 cm³/mol. The molecular weight excluding hydrogens is 164 g/mol. The van der Waals surface area contributed by atoms with Crippen LogP contribution < -0.4 is 5.32 Å². The van der Waals surface area contributed by atoms with Gasteiger partial charge in [-0.3, -0.25) is 4.90 Å². The van der Waals surface area contributed by atoms with Gasteiger partial charge >= 0.3 is 0 Å². The van der Waals surface area contributed by atoms with E-state index in [1.165, 1.54) is 0 Å². The Hall–Kier alpha value is -0.120. The standard InChI is InChI=1S/C10H20N2O/c1-7(2)10-6-12-5-9(13)3-8(12)4-11-10/h7-11,13H,3-6H2,1-2H3/t8-,9+,10+/m0/s1. The van der Waals surface area contributed by atoms with Crippen LogP contribution in [-0.4, -0.2) is 47.8 Å². The fourth-order valence-electron chi connectivity index (χ4n) is 2.44. The summed E-state index contributed by atoms with van der Waals surface area (Å²) in [5, 5.41) is 13.1. The molecule has 2 aliphatic rings. The average molecular weight is 184 g/mol. The molecule has 0 radical (unpaired) electrons. The van der Waals surface area contributed by atoms with Crippen molar-refractivity contribution in [1.82, 2.24) is 10.2 Å². The number of hydrogen-bond acceptors (Lipinski definition) is 3. The Balaban J connectivity index is 1.93. The molecule has 3 nitrogen and oxygen atoms in total. The third-order valence-corrected chi connectivity index (χ3v) is 3.36. The lowest BCUT2D eigenvalue weighted by atomic mass is 10.0. The van der Waals surface area contributed by atoms with Crippen LogP contribution in [0.15, 0.2) is 0 Å². The molecule has 0 aliphatic carbocycles. The number of nitrogens with zero attached hydrogens (tertiary/aromatic N) is 1. The van der Waals surface area contributed by atoms with Crippen LogP contribution in [-0.2, 0) is 0 Å². The lowest BCUT2D eigenvalue weighted by Crippen LogP contribution is -2.55. The Morgan fingerprint density at radius 2 is 2.15 bits per heavy atom. The maximum atomic E-state index is 9.52. The molecule has 0 bridgehead atoms. The molecular formula is C10H20N2O. The predicted octanol–water partition coefficient (Wildman–Crippen LogP) is 0.0494. The Bertz CT molecular complexity index is 184. The molecule has 0 aromatic heterocycles. The van der Waals surface area contributed by atoms with E-state index in [1.54, 1.807) is 0 Å². The molecule has 0 unspecified atom stereocenters. The fourth-order valence-corrected chi connectivity index (χ4v) is 2.44. The molecule has 0 amide bonds. The van der Waals surface area contributed by atoms with Crippen LogP contribution in [0.3, 0.4) is 0 Å². The first-order chi connectivity index (χ1) is 6.16. The molecule has 3 atom stereocenters. The van der Waals surface area contributed by atoms with Crippen LogP contribution in [0.1, 0.15) is 20.3 Å². The second kappa shape index (κ2) is 3.56. The lowest BCUT2D eigenvalue weighted by molar-refractivity contribution is 0.139. The molecule has 0 saturated carbocycles. The van der Waals surface area contributed by atoms with Gasteiger partial charge in [0.2, 0.25) is 0 Å². The van der Waals surface area contributed by atoms with Crippen molar-refractivity contribution in [2.24, 2.45) is 5.92 Å². The molecule has 76 valence electrons. The quantitative estimate of drug-likeness (QED) is 0.604. The maximum absolute atomic E-state index is 9.52. The fraction of sp³-hybridized carbons (Fsp3) is 1.00. The maximum Gasteiger partial charge on any atom is 0.0682 e. The zero-order valence-corrected chi connectivity index (χ0v) is 8.53. The van der Waals surface area contributed by atoms with Gasteiger partial charge in [-0.1, -0.05) is 13.8 Å². The van der Waals surface area contributed by atoms with E-state index in [2.05, 4.69) is 24.1 Å². The van der Waals surface area contributed by atoms with Crippen molar-refractivity contribution >= 4 is 0 Å². The summed E-state index contributed by atoms with van der Waals surface area (Å²) in [6, 6.07) is 1.20. The van der Waals surface area contributed by atoms with Gasteiger partial charge in [0.05, 0.1) is 6.10 Å². The smallest absolute Gasteiger partial charge is 0.0682 e. The number of nitrogens with one attached hydrogen (secondary N) is 1. The highest BCUT2D eigenvalue weighted by Gasteiger charge is 2.36. The minimum absolute atomic E-state index is 0.0855. The minimum atomic E-state index is -0.0855. The summed E-state index contributed by atoms with van der Waals surface area (Å²) in [6.45, 7) is 7.56. The van der Waals surface area contributed by atoms with Gasteiger partial charge in [0.25, 0.3) is 0 Å². The minimum Gasteiger partial charge on any atom is -0.392 e. The number of hydrogen-bond donors (Lipinski definition) is 2. The number of fused-ring (bicyclic) bond motifs is 1. The SMILES string of the molecule is CC(C)[C@H]1CN2C[C@H](O)C[C@H]2CN1. The first-order valence-corrected chi connectivity index (χ1v) is 5.32. The van der Waals surface area contributed by atoms with Gasteiger partial charge < -0.3 is 10.4 Å². The number of piperazine rings is 1. The van der Waals surface area contributed by atoms with Gasteiger partial charge in [0.1, 0.15) is 0 Å². The van der Waals surface area contributed by atoms with Gasteiger partial charge in [0.15, 0.2) is 0 Å². The van der Waals surface area contributed by atoms with E-state index in [-0.39, 0.29) is 6.10 Å². The van der Waals surface area contributed by atoms with E-state index < -0.39 is 0 Å². The molecule has 13 heavy (non-hydrogen) atoms. The van der Waals surface area contributed by atoms with Crippen molar-refractivity contribution in [3.05, 3.63) is 0 Å². The van der Waals surface area contributed by atoms with Crippen LogP contribution in [0.4, 0.5) is 0 Å². The number of aliphatic hydroxyl groups is 1. The van der Waals surface area contributed by atoms with Crippen LogP contribution in [0, 0.1) is 5.92 Å². The molecule has 2 fully saturated rings. The third kappa shape index (κ3) is 1.87. The van der Waals surface area contributed by atoms with Gasteiger partial charge in [-0.15, -0.1) is 0 Å². The Morgan fingerprint density at radius 1 is 1.38 bits per heavy atom. The normalized spacial score (nSPS) is 41.1. The van der Waals surface area contributed by atoms with Crippen LogP contribution >= 0.6 is 0 Å². The Labute approximate surface area is 80.1 Å². The van der Waals surface area contributed by atoms with Gasteiger partial charge in [-0.25, -0.2) is 0 Å². The van der Waals surface area contributed by atoms with Crippen molar-refractivity contribution in [2.75, 3.05) is 19.6 Å². The van der Waals surface area contributed by atoms with E-state index in [0.29, 0.717) is 18.0 Å². The summed E-state index contributed by atoms with van der Waals surface area (Å²) in [6.07, 6.45) is 0.871. The van der Waals surface area contributed by atoms with E-state index >= 15 is 0 Å². The summed E-state index contributed by atoms with van der Waals surface area (Å²) in [5.41, 5.74) is 0. The molecule has 0 aromatic rings. The van der Waals surface area contributed by atoms with E-state index in [1.807, 2.05) is 0 Å². The zero-order chi connectivity index (χ0) is 9.42. The van der Waals surface area contributed by atoms with Crippen molar-refractivity contribution < 1.29 is 5.11 Å². The largest absolute Gasteiger partial charge is 0.392 e. The molecule has 0 spiro atoms. The van der Waals surface area contributed by atoms with Crippen molar-refractivity contribution in [2.45, 2.75) is 38.5 Å². The summed E-state index contributed by atoms with van der Waals surface area (Å²) < 4.78 is 0. The van der Waals surface area contributed by atoms with Crippen molar-refractivity contribution in [3.8, 4) is 0 Å². The van der Waals surface area contributed by atoms with Crippen molar-refractivity contribution in [3.63, 3.8) is 0 Å². The molecule has 0 aromatic carbocycles. The molecule has 2 heterocycles. The second-order valence-electron chi connectivity index (χ2n) is 4.76. The highest BCUT2D eigenvalue weighted by Crippen LogP contribution is 2.22. The third-order valence-electron chi connectivity index (χ3n) is 3.36. The number of aliphatic hydroxyl groups excluding tert-OH is 1. The molecule has 2 aliphatic heterocycles. The second-order valence-corrected chi connectivity index (χ2v) is 4.76. The average Bonchev–Trinajstić information content (AvgIpc) is 2.42. The molecule has 3 heteroatoms. The van der Waals surface area contributed by atoms with Crippen LogP contribution in [0.5, 0.6) is 0 Å². The van der Waals surface area contributed by atoms with E-state index in [4.69, 9.17) is 0 Å². The zero-order valence-electron chi connectivity index (χ0n) is 8.53. The van der Waals surface area contributed by atoms with Gasteiger partial charge in [-0.2, -0.15) is 0 Å². The summed E-state index contributed by atoms with van der Waals surface area (Å²) in [7, 11) is 0.